The predicted octanol–water partition coefficient (Wildman–Crippen LogP) is 2.93. The molecule has 0 heterocycles. The fourth-order valence-corrected chi connectivity index (χ4v) is 1.84. The molecule has 2 atom stereocenters. The average molecular weight is 196 g/mol. The summed E-state index contributed by atoms with van der Waals surface area (Å²) in [7, 11) is 0. The van der Waals surface area contributed by atoms with Crippen LogP contribution in [0.1, 0.15) is 41.0 Å². The summed E-state index contributed by atoms with van der Waals surface area (Å²) in [5.74, 6) is 0.374. The number of esters is 1. The Morgan fingerprint density at radius 3 is 2.50 bits per heavy atom. The molecule has 2 unspecified atom stereocenters. The molecule has 0 spiro atoms. The second-order valence-corrected chi connectivity index (χ2v) is 4.72. The molecule has 0 aromatic carbocycles. The number of carbonyl (C=O) groups excluding carboxylic acids is 1. The van der Waals surface area contributed by atoms with Gasteiger partial charge in [0.15, 0.2) is 0 Å². The van der Waals surface area contributed by atoms with Crippen LogP contribution in [0, 0.1) is 11.3 Å². The molecule has 0 fully saturated rings. The fourth-order valence-electron chi connectivity index (χ4n) is 1.84. The van der Waals surface area contributed by atoms with Gasteiger partial charge in [-0.3, -0.25) is 4.79 Å². The first-order valence-corrected chi connectivity index (χ1v) is 5.27. The Hall–Kier alpha value is -0.790. The summed E-state index contributed by atoms with van der Waals surface area (Å²) in [4.78, 5) is 11.2. The molecule has 0 aromatic rings. The summed E-state index contributed by atoms with van der Waals surface area (Å²) in [6.45, 7) is 10.4. The minimum absolute atomic E-state index is 0.0366. The van der Waals surface area contributed by atoms with E-state index in [1.807, 2.05) is 6.92 Å². The zero-order valence-electron chi connectivity index (χ0n) is 9.76. The third kappa shape index (κ3) is 1.84. The van der Waals surface area contributed by atoms with Gasteiger partial charge in [0, 0.05) is 11.8 Å². The first-order chi connectivity index (χ1) is 6.39. The van der Waals surface area contributed by atoms with E-state index in [0.29, 0.717) is 12.3 Å². The predicted molar refractivity (Wildman–Crippen MR) is 56.9 cm³/mol. The Kier molecular flexibility index (Phi) is 3.03. The lowest BCUT2D eigenvalue weighted by Gasteiger charge is -2.31. The van der Waals surface area contributed by atoms with E-state index in [1.54, 1.807) is 0 Å². The molecule has 0 N–H and O–H groups in total. The number of carbonyl (C=O) groups is 1. The average Bonchev–Trinajstić information content (AvgIpc) is 2.30. The van der Waals surface area contributed by atoms with Crippen LogP contribution in [0.5, 0.6) is 0 Å². The molecule has 0 aromatic heterocycles. The van der Waals surface area contributed by atoms with Crippen molar-refractivity contribution >= 4 is 5.97 Å². The van der Waals surface area contributed by atoms with E-state index in [-0.39, 0.29) is 17.5 Å². The van der Waals surface area contributed by atoms with Gasteiger partial charge in [0.1, 0.15) is 6.10 Å². The first kappa shape index (κ1) is 11.3. The lowest BCUT2D eigenvalue weighted by Crippen LogP contribution is -2.33. The highest BCUT2D eigenvalue weighted by molar-refractivity contribution is 5.69. The van der Waals surface area contributed by atoms with Crippen LogP contribution >= 0.6 is 0 Å². The Balaban J connectivity index is 2.75. The Bertz CT molecular complexity index is 263. The Labute approximate surface area is 86.3 Å². The minimum atomic E-state index is -0.110. The first-order valence-electron chi connectivity index (χ1n) is 5.27. The van der Waals surface area contributed by atoms with Gasteiger partial charge in [0.05, 0.1) is 0 Å². The van der Waals surface area contributed by atoms with Crippen LogP contribution in [0.2, 0.25) is 0 Å². The molecule has 1 aliphatic carbocycles. The molecular weight excluding hydrogens is 176 g/mol. The van der Waals surface area contributed by atoms with Crippen molar-refractivity contribution in [3.05, 3.63) is 11.6 Å². The summed E-state index contributed by atoms with van der Waals surface area (Å²) in [5, 5.41) is 0. The van der Waals surface area contributed by atoms with Crippen LogP contribution in [0.4, 0.5) is 0 Å². The van der Waals surface area contributed by atoms with Gasteiger partial charge in [-0.1, -0.05) is 33.3 Å². The maximum Gasteiger partial charge on any atom is 0.306 e. The van der Waals surface area contributed by atoms with E-state index in [2.05, 4.69) is 33.8 Å². The maximum atomic E-state index is 11.2. The van der Waals surface area contributed by atoms with Crippen LogP contribution in [0.3, 0.4) is 0 Å². The lowest BCUT2D eigenvalue weighted by molar-refractivity contribution is -0.151. The van der Waals surface area contributed by atoms with Crippen molar-refractivity contribution in [1.29, 1.82) is 0 Å². The fraction of sp³-hybridized carbons (Fsp3) is 0.750. The van der Waals surface area contributed by atoms with E-state index in [0.717, 1.165) is 0 Å². The van der Waals surface area contributed by atoms with Crippen LogP contribution in [0.15, 0.2) is 11.6 Å². The summed E-state index contributed by atoms with van der Waals surface area (Å²) >= 11 is 0. The highest BCUT2D eigenvalue weighted by Gasteiger charge is 2.41. The van der Waals surface area contributed by atoms with Crippen molar-refractivity contribution in [2.24, 2.45) is 11.3 Å². The number of ether oxygens (including phenoxy) is 1. The summed E-state index contributed by atoms with van der Waals surface area (Å²) in [6.07, 6.45) is 2.48. The van der Waals surface area contributed by atoms with Gasteiger partial charge in [-0.2, -0.15) is 0 Å². The van der Waals surface area contributed by atoms with Gasteiger partial charge in [-0.25, -0.2) is 0 Å². The summed E-state index contributed by atoms with van der Waals surface area (Å²) < 4.78 is 5.40. The third-order valence-corrected chi connectivity index (χ3v) is 3.49. The Morgan fingerprint density at radius 2 is 2.14 bits per heavy atom. The van der Waals surface area contributed by atoms with Gasteiger partial charge >= 0.3 is 5.97 Å². The minimum Gasteiger partial charge on any atom is -0.458 e. The van der Waals surface area contributed by atoms with E-state index in [4.69, 9.17) is 4.74 Å². The molecule has 0 saturated carbocycles. The second-order valence-electron chi connectivity index (χ2n) is 4.72. The smallest absolute Gasteiger partial charge is 0.306 e. The van der Waals surface area contributed by atoms with Gasteiger partial charge < -0.3 is 4.74 Å². The zero-order chi connectivity index (χ0) is 10.9. The molecule has 14 heavy (non-hydrogen) atoms. The monoisotopic (exact) mass is 196 g/mol. The van der Waals surface area contributed by atoms with Gasteiger partial charge in [0.25, 0.3) is 0 Å². The molecule has 0 aliphatic heterocycles. The molecule has 0 radical (unpaired) electrons. The van der Waals surface area contributed by atoms with Gasteiger partial charge in [-0.05, 0) is 18.9 Å². The van der Waals surface area contributed by atoms with Crippen molar-refractivity contribution in [3.8, 4) is 0 Å². The van der Waals surface area contributed by atoms with Crippen LogP contribution < -0.4 is 0 Å². The summed E-state index contributed by atoms with van der Waals surface area (Å²) in [6, 6.07) is 0. The standard InChI is InChI=1S/C12H20O2/c1-6-11(13)14-10-7-8(2)9(3)12(10,4)5/h7,9-10H,6H2,1-5H3. The highest BCUT2D eigenvalue weighted by Crippen LogP contribution is 2.43. The molecule has 2 nitrogen and oxygen atoms in total. The highest BCUT2D eigenvalue weighted by atomic mass is 16.5. The number of rotatable bonds is 2. The van der Waals surface area contributed by atoms with Gasteiger partial charge in [-0.15, -0.1) is 0 Å². The lowest BCUT2D eigenvalue weighted by atomic mass is 9.78. The van der Waals surface area contributed by atoms with Gasteiger partial charge in [0.2, 0.25) is 0 Å². The van der Waals surface area contributed by atoms with Crippen LogP contribution in [0.25, 0.3) is 0 Å². The molecule has 1 aliphatic rings. The molecule has 2 heteroatoms. The largest absolute Gasteiger partial charge is 0.458 e. The zero-order valence-corrected chi connectivity index (χ0v) is 9.76. The van der Waals surface area contributed by atoms with E-state index >= 15 is 0 Å². The number of allylic oxidation sites excluding steroid dienone is 1. The van der Waals surface area contributed by atoms with Crippen LogP contribution in [-0.2, 0) is 9.53 Å². The van der Waals surface area contributed by atoms with E-state index in [9.17, 15) is 4.79 Å². The quantitative estimate of drug-likeness (QED) is 0.501. The number of hydrogen-bond donors (Lipinski definition) is 0. The topological polar surface area (TPSA) is 26.3 Å². The second kappa shape index (κ2) is 3.76. The molecule has 0 amide bonds. The normalized spacial score (nSPS) is 29.9. The van der Waals surface area contributed by atoms with Crippen molar-refractivity contribution in [2.45, 2.75) is 47.1 Å². The van der Waals surface area contributed by atoms with Crippen molar-refractivity contribution in [3.63, 3.8) is 0 Å². The molecule has 0 bridgehead atoms. The Morgan fingerprint density at radius 1 is 1.57 bits per heavy atom. The summed E-state index contributed by atoms with van der Waals surface area (Å²) in [5.41, 5.74) is 1.36. The molecular formula is C12H20O2. The van der Waals surface area contributed by atoms with E-state index < -0.39 is 0 Å². The van der Waals surface area contributed by atoms with E-state index in [1.165, 1.54) is 5.57 Å². The molecule has 0 saturated heterocycles. The third-order valence-electron chi connectivity index (χ3n) is 3.49. The molecule has 80 valence electrons. The number of hydrogen-bond acceptors (Lipinski definition) is 2. The SMILES string of the molecule is CCC(=O)OC1C=C(C)C(C)C1(C)C. The molecule has 1 rings (SSSR count). The van der Waals surface area contributed by atoms with Crippen molar-refractivity contribution < 1.29 is 9.53 Å². The maximum absolute atomic E-state index is 11.2. The van der Waals surface area contributed by atoms with Crippen LogP contribution in [-0.4, -0.2) is 12.1 Å². The van der Waals surface area contributed by atoms with Crippen molar-refractivity contribution in [1.82, 2.24) is 0 Å². The van der Waals surface area contributed by atoms with Crippen molar-refractivity contribution in [2.75, 3.05) is 0 Å².